The molecule has 6 nitrogen and oxygen atoms in total. The summed E-state index contributed by atoms with van der Waals surface area (Å²) in [5.74, 6) is -0.528. The third-order valence-electron chi connectivity index (χ3n) is 6.16. The van der Waals surface area contributed by atoms with Crippen LogP contribution in [-0.2, 0) is 9.59 Å². The van der Waals surface area contributed by atoms with Gasteiger partial charge in [-0.2, -0.15) is 0 Å². The predicted molar refractivity (Wildman–Crippen MR) is 101 cm³/mol. The van der Waals surface area contributed by atoms with Gasteiger partial charge in [0.15, 0.2) is 0 Å². The van der Waals surface area contributed by atoms with E-state index in [0.29, 0.717) is 24.9 Å². The molecule has 3 atom stereocenters. The van der Waals surface area contributed by atoms with Crippen molar-refractivity contribution in [3.8, 4) is 0 Å². The summed E-state index contributed by atoms with van der Waals surface area (Å²) in [5, 5.41) is 2.45. The van der Waals surface area contributed by atoms with Crippen LogP contribution >= 0.6 is 0 Å². The van der Waals surface area contributed by atoms with Crippen LogP contribution in [-0.4, -0.2) is 55.0 Å². The van der Waals surface area contributed by atoms with Crippen LogP contribution in [0.4, 0.5) is 5.69 Å². The number of imide groups is 1. The molecule has 2 amide bonds. The highest BCUT2D eigenvalue weighted by atomic mass is 16.2. The number of rotatable bonds is 5. The number of piperazine rings is 1. The highest BCUT2D eigenvalue weighted by Crippen LogP contribution is 2.34. The maximum absolute atomic E-state index is 12.1. The highest BCUT2D eigenvalue weighted by Gasteiger charge is 2.38. The summed E-state index contributed by atoms with van der Waals surface area (Å²) in [5.41, 5.74) is 7.92. The van der Waals surface area contributed by atoms with Gasteiger partial charge in [0, 0.05) is 37.3 Å². The van der Waals surface area contributed by atoms with Gasteiger partial charge in [0.25, 0.3) is 0 Å². The lowest BCUT2D eigenvalue weighted by atomic mass is 9.88. The van der Waals surface area contributed by atoms with E-state index in [1.54, 1.807) is 0 Å². The molecule has 0 radical (unpaired) electrons. The molecule has 2 bridgehead atoms. The molecule has 4 saturated heterocycles. The summed E-state index contributed by atoms with van der Waals surface area (Å²) in [6.07, 6.45) is 4.63. The molecule has 26 heavy (non-hydrogen) atoms. The SMILES string of the molecule is NCCCN1CC2CCC1CN2c1ccc(C2CCC(=O)NC2=O)cc1. The summed E-state index contributed by atoms with van der Waals surface area (Å²) in [6, 6.07) is 9.60. The highest BCUT2D eigenvalue weighted by molar-refractivity contribution is 6.00. The number of piperidine rings is 3. The Bertz CT molecular complexity index is 675. The van der Waals surface area contributed by atoms with Crippen molar-refractivity contribution in [2.24, 2.45) is 5.73 Å². The van der Waals surface area contributed by atoms with Crippen LogP contribution in [0.3, 0.4) is 0 Å². The number of amides is 2. The molecule has 4 heterocycles. The molecule has 0 spiro atoms. The van der Waals surface area contributed by atoms with Crippen molar-refractivity contribution in [1.29, 1.82) is 0 Å². The number of carbonyl (C=O) groups is 2. The van der Waals surface area contributed by atoms with Crippen LogP contribution in [0.15, 0.2) is 24.3 Å². The van der Waals surface area contributed by atoms with Gasteiger partial charge in [0.1, 0.15) is 0 Å². The van der Waals surface area contributed by atoms with E-state index in [1.165, 1.54) is 18.5 Å². The maximum atomic E-state index is 12.1. The molecule has 3 N–H and O–H groups in total. The number of hydrogen-bond donors (Lipinski definition) is 2. The number of nitrogens with two attached hydrogens (primary N) is 1. The summed E-state index contributed by atoms with van der Waals surface area (Å²) in [6.45, 7) is 4.08. The Labute approximate surface area is 154 Å². The molecule has 0 saturated carbocycles. The second-order valence-electron chi connectivity index (χ2n) is 7.77. The molecule has 1 aromatic rings. The topological polar surface area (TPSA) is 78.7 Å². The zero-order chi connectivity index (χ0) is 18.1. The smallest absolute Gasteiger partial charge is 0.234 e. The van der Waals surface area contributed by atoms with E-state index in [2.05, 4.69) is 39.4 Å². The largest absolute Gasteiger partial charge is 0.366 e. The second-order valence-corrected chi connectivity index (χ2v) is 7.77. The van der Waals surface area contributed by atoms with Crippen molar-refractivity contribution in [2.45, 2.75) is 50.1 Å². The molecule has 140 valence electrons. The number of anilines is 1. The maximum Gasteiger partial charge on any atom is 0.234 e. The molecule has 4 aliphatic rings. The Morgan fingerprint density at radius 1 is 1.04 bits per heavy atom. The number of carbonyl (C=O) groups excluding carboxylic acids is 2. The van der Waals surface area contributed by atoms with Crippen LogP contribution in [0, 0.1) is 0 Å². The average molecular weight is 356 g/mol. The van der Waals surface area contributed by atoms with Crippen LogP contribution in [0.1, 0.15) is 43.6 Å². The van der Waals surface area contributed by atoms with Crippen molar-refractivity contribution in [1.82, 2.24) is 10.2 Å². The average Bonchev–Trinajstić information content (AvgIpc) is 2.67. The van der Waals surface area contributed by atoms with Crippen LogP contribution in [0.2, 0.25) is 0 Å². The number of nitrogens with zero attached hydrogens (tertiary/aromatic N) is 2. The van der Waals surface area contributed by atoms with E-state index in [1.807, 2.05) is 0 Å². The first kappa shape index (κ1) is 17.5. The zero-order valence-electron chi connectivity index (χ0n) is 15.2. The monoisotopic (exact) mass is 356 g/mol. The third kappa shape index (κ3) is 3.35. The summed E-state index contributed by atoms with van der Waals surface area (Å²) in [4.78, 5) is 28.5. The number of hydrogen-bond acceptors (Lipinski definition) is 5. The Morgan fingerprint density at radius 3 is 2.46 bits per heavy atom. The molecule has 0 aromatic heterocycles. The number of benzene rings is 1. The summed E-state index contributed by atoms with van der Waals surface area (Å²) >= 11 is 0. The van der Waals surface area contributed by atoms with Crippen molar-refractivity contribution in [2.75, 3.05) is 31.1 Å². The molecule has 4 fully saturated rings. The Hall–Kier alpha value is -1.92. The van der Waals surface area contributed by atoms with E-state index in [9.17, 15) is 9.59 Å². The van der Waals surface area contributed by atoms with Gasteiger partial charge in [-0.25, -0.2) is 0 Å². The lowest BCUT2D eigenvalue weighted by Gasteiger charge is -2.52. The van der Waals surface area contributed by atoms with E-state index < -0.39 is 0 Å². The van der Waals surface area contributed by atoms with Crippen LogP contribution in [0.5, 0.6) is 0 Å². The van der Waals surface area contributed by atoms with Gasteiger partial charge in [-0.05, 0) is 56.5 Å². The molecular weight excluding hydrogens is 328 g/mol. The fraction of sp³-hybridized carbons (Fsp3) is 0.600. The Kier molecular flexibility index (Phi) is 4.96. The normalized spacial score (nSPS) is 29.1. The summed E-state index contributed by atoms with van der Waals surface area (Å²) in [7, 11) is 0. The van der Waals surface area contributed by atoms with Crippen molar-refractivity contribution in [3.63, 3.8) is 0 Å². The van der Waals surface area contributed by atoms with Crippen LogP contribution < -0.4 is 16.0 Å². The van der Waals surface area contributed by atoms with Gasteiger partial charge in [-0.1, -0.05) is 12.1 Å². The fourth-order valence-electron chi connectivity index (χ4n) is 4.71. The molecule has 5 rings (SSSR count). The predicted octanol–water partition coefficient (Wildman–Crippen LogP) is 1.21. The molecule has 3 unspecified atom stereocenters. The van der Waals surface area contributed by atoms with E-state index in [0.717, 1.165) is 38.2 Å². The quantitative estimate of drug-likeness (QED) is 0.776. The van der Waals surface area contributed by atoms with Gasteiger partial charge >= 0.3 is 0 Å². The second kappa shape index (κ2) is 7.37. The van der Waals surface area contributed by atoms with Crippen molar-refractivity contribution < 1.29 is 9.59 Å². The van der Waals surface area contributed by atoms with Gasteiger partial charge in [0.2, 0.25) is 11.8 Å². The lowest BCUT2D eigenvalue weighted by Crippen LogP contribution is -2.63. The third-order valence-corrected chi connectivity index (χ3v) is 6.16. The molecule has 6 heteroatoms. The first-order chi connectivity index (χ1) is 12.7. The lowest BCUT2D eigenvalue weighted by molar-refractivity contribution is -0.134. The Morgan fingerprint density at radius 2 is 1.81 bits per heavy atom. The van der Waals surface area contributed by atoms with Crippen molar-refractivity contribution in [3.05, 3.63) is 29.8 Å². The Balaban J connectivity index is 1.43. The molecular formula is C20H28N4O2. The molecule has 1 aromatic carbocycles. The van der Waals surface area contributed by atoms with E-state index >= 15 is 0 Å². The number of nitrogens with one attached hydrogen (secondary N) is 1. The number of fused-ring (bicyclic) bond motifs is 3. The zero-order valence-corrected chi connectivity index (χ0v) is 15.2. The molecule has 0 aliphatic carbocycles. The standard InChI is InChI=1S/C20H28N4O2/c21-10-1-11-23-12-17-7-6-16(23)13-24(17)15-4-2-14(3-5-15)18-8-9-19(25)22-20(18)26/h2-5,16-18H,1,6-13,21H2,(H,22,25,26). The summed E-state index contributed by atoms with van der Waals surface area (Å²) < 4.78 is 0. The fourth-order valence-corrected chi connectivity index (χ4v) is 4.71. The van der Waals surface area contributed by atoms with Gasteiger partial charge in [-0.3, -0.25) is 19.8 Å². The minimum Gasteiger partial charge on any atom is -0.366 e. The van der Waals surface area contributed by atoms with Gasteiger partial charge < -0.3 is 10.6 Å². The van der Waals surface area contributed by atoms with Gasteiger partial charge in [0.05, 0.1) is 5.92 Å². The first-order valence-electron chi connectivity index (χ1n) is 9.80. The minimum absolute atomic E-state index is 0.161. The van der Waals surface area contributed by atoms with Crippen molar-refractivity contribution >= 4 is 17.5 Å². The van der Waals surface area contributed by atoms with Crippen LogP contribution in [0.25, 0.3) is 0 Å². The van der Waals surface area contributed by atoms with Gasteiger partial charge in [-0.15, -0.1) is 0 Å². The first-order valence-corrected chi connectivity index (χ1v) is 9.80. The van der Waals surface area contributed by atoms with E-state index in [4.69, 9.17) is 5.73 Å². The minimum atomic E-state index is -0.202. The van der Waals surface area contributed by atoms with E-state index in [-0.39, 0.29) is 17.7 Å². The molecule has 4 aliphatic heterocycles.